The van der Waals surface area contributed by atoms with Gasteiger partial charge in [0, 0.05) is 41.4 Å². The Labute approximate surface area is 200 Å². The van der Waals surface area contributed by atoms with Crippen molar-refractivity contribution in [3.8, 4) is 17.0 Å². The van der Waals surface area contributed by atoms with Crippen LogP contribution >= 0.6 is 0 Å². The average molecular weight is 463 g/mol. The number of hydrogen-bond acceptors (Lipinski definition) is 4. The Morgan fingerprint density at radius 1 is 1.21 bits per heavy atom. The topological polar surface area (TPSA) is 90.5 Å². The van der Waals surface area contributed by atoms with E-state index in [0.29, 0.717) is 12.6 Å². The molecule has 0 bridgehead atoms. The monoisotopic (exact) mass is 462 g/mol. The lowest BCUT2D eigenvalue weighted by Crippen LogP contribution is -2.35. The number of nitrogens with two attached hydrogens (primary N) is 1. The summed E-state index contributed by atoms with van der Waals surface area (Å²) < 4.78 is 14.1. The van der Waals surface area contributed by atoms with Crippen LogP contribution in [0.1, 0.15) is 52.0 Å². The van der Waals surface area contributed by atoms with Crippen molar-refractivity contribution >= 4 is 28.3 Å². The molecule has 180 valence electrons. The molecule has 2 unspecified atom stereocenters. The highest BCUT2D eigenvalue weighted by molar-refractivity contribution is 6.02. The minimum atomic E-state index is -0.191. The number of hydrogen-bond donors (Lipinski definition) is 3. The lowest BCUT2D eigenvalue weighted by molar-refractivity contribution is 0.0680. The standard InChI is InChI=1S/C27H34N4O3/c1-3-17(2)29-27(32)30-19-8-6-18(7-9-19)26-25(28)23-13-12-21(34-16-22-5-4-14-33-22)15-24(23)31(26)20-10-11-20/h6-9,12-13,15,17,20,22H,3-5,10-11,14,16,28H2,1-2H3,(H2,29,30,32). The molecule has 7 nitrogen and oxygen atoms in total. The highest BCUT2D eigenvalue weighted by Gasteiger charge is 2.30. The van der Waals surface area contributed by atoms with Crippen molar-refractivity contribution in [2.24, 2.45) is 0 Å². The number of carbonyl (C=O) groups excluding carboxylic acids is 1. The van der Waals surface area contributed by atoms with Crippen LogP contribution in [0.3, 0.4) is 0 Å². The van der Waals surface area contributed by atoms with Crippen molar-refractivity contribution < 1.29 is 14.3 Å². The van der Waals surface area contributed by atoms with Crippen molar-refractivity contribution in [1.29, 1.82) is 0 Å². The number of rotatable bonds is 8. The van der Waals surface area contributed by atoms with Crippen LogP contribution < -0.4 is 21.1 Å². The normalized spacial score (nSPS) is 18.7. The molecule has 2 heterocycles. The largest absolute Gasteiger partial charge is 0.491 e. The first-order valence-electron chi connectivity index (χ1n) is 12.4. The zero-order valence-electron chi connectivity index (χ0n) is 20.0. The van der Waals surface area contributed by atoms with Gasteiger partial charge in [0.1, 0.15) is 12.4 Å². The van der Waals surface area contributed by atoms with Crippen molar-refractivity contribution in [3.05, 3.63) is 42.5 Å². The zero-order valence-corrected chi connectivity index (χ0v) is 20.0. The maximum Gasteiger partial charge on any atom is 0.319 e. The molecule has 4 N–H and O–H groups in total. The fraction of sp³-hybridized carbons (Fsp3) is 0.444. The van der Waals surface area contributed by atoms with E-state index in [9.17, 15) is 4.79 Å². The summed E-state index contributed by atoms with van der Waals surface area (Å²) in [6.45, 7) is 5.44. The summed E-state index contributed by atoms with van der Waals surface area (Å²) in [6, 6.07) is 14.5. The van der Waals surface area contributed by atoms with Gasteiger partial charge >= 0.3 is 6.03 Å². The highest BCUT2D eigenvalue weighted by Crippen LogP contribution is 2.46. The average Bonchev–Trinajstić information content (AvgIpc) is 3.45. The minimum absolute atomic E-state index is 0.132. The van der Waals surface area contributed by atoms with E-state index in [4.69, 9.17) is 15.2 Å². The number of anilines is 2. The number of amides is 2. The smallest absolute Gasteiger partial charge is 0.319 e. The zero-order chi connectivity index (χ0) is 23.7. The van der Waals surface area contributed by atoms with Crippen LogP contribution in [0.15, 0.2) is 42.5 Å². The van der Waals surface area contributed by atoms with Gasteiger partial charge in [0.15, 0.2) is 0 Å². The van der Waals surface area contributed by atoms with Crippen LogP contribution in [0.2, 0.25) is 0 Å². The van der Waals surface area contributed by atoms with Crippen LogP contribution in [0.25, 0.3) is 22.2 Å². The molecule has 3 aromatic rings. The molecule has 0 radical (unpaired) electrons. The molecule has 2 amide bonds. The Morgan fingerprint density at radius 3 is 2.68 bits per heavy atom. The molecule has 1 saturated heterocycles. The van der Waals surface area contributed by atoms with Gasteiger partial charge in [-0.2, -0.15) is 0 Å². The van der Waals surface area contributed by atoms with Gasteiger partial charge in [-0.05, 0) is 63.3 Å². The number of nitrogens with zero attached hydrogens (tertiary/aromatic N) is 1. The lowest BCUT2D eigenvalue weighted by Gasteiger charge is -2.14. The maximum atomic E-state index is 12.2. The number of ether oxygens (including phenoxy) is 2. The first-order valence-corrected chi connectivity index (χ1v) is 12.4. The highest BCUT2D eigenvalue weighted by atomic mass is 16.5. The Morgan fingerprint density at radius 2 is 2.00 bits per heavy atom. The summed E-state index contributed by atoms with van der Waals surface area (Å²) in [4.78, 5) is 12.2. The van der Waals surface area contributed by atoms with Gasteiger partial charge in [-0.15, -0.1) is 0 Å². The summed E-state index contributed by atoms with van der Waals surface area (Å²) in [6.07, 6.45) is 5.53. The molecule has 1 aliphatic carbocycles. The van der Waals surface area contributed by atoms with E-state index in [1.165, 1.54) is 0 Å². The number of nitrogens with one attached hydrogen (secondary N) is 2. The van der Waals surface area contributed by atoms with E-state index in [2.05, 4.69) is 27.3 Å². The van der Waals surface area contributed by atoms with Crippen LogP contribution in [0.5, 0.6) is 5.75 Å². The SMILES string of the molecule is CCC(C)NC(=O)Nc1ccc(-c2c(N)c3ccc(OCC4CCCO4)cc3n2C2CC2)cc1. The molecule has 2 aromatic carbocycles. The fourth-order valence-electron chi connectivity index (χ4n) is 4.58. The number of benzene rings is 2. The van der Waals surface area contributed by atoms with E-state index >= 15 is 0 Å². The van der Waals surface area contributed by atoms with Gasteiger partial charge in [0.2, 0.25) is 0 Å². The van der Waals surface area contributed by atoms with Gasteiger partial charge in [-0.25, -0.2) is 4.79 Å². The number of urea groups is 1. The third-order valence-electron chi connectivity index (χ3n) is 6.79. The molecule has 2 fully saturated rings. The minimum Gasteiger partial charge on any atom is -0.491 e. The number of fused-ring (bicyclic) bond motifs is 1. The molecule has 2 atom stereocenters. The van der Waals surface area contributed by atoms with Gasteiger partial charge in [0.05, 0.1) is 23.0 Å². The summed E-state index contributed by atoms with van der Waals surface area (Å²) >= 11 is 0. The van der Waals surface area contributed by atoms with Crippen molar-refractivity contribution in [1.82, 2.24) is 9.88 Å². The van der Waals surface area contributed by atoms with Gasteiger partial charge < -0.3 is 30.4 Å². The van der Waals surface area contributed by atoms with E-state index in [1.54, 1.807) is 0 Å². The number of nitrogen functional groups attached to an aromatic ring is 1. The van der Waals surface area contributed by atoms with Gasteiger partial charge in [0.25, 0.3) is 0 Å². The summed E-state index contributed by atoms with van der Waals surface area (Å²) in [7, 11) is 0. The number of aromatic nitrogens is 1. The van der Waals surface area contributed by atoms with Crippen LogP contribution in [-0.4, -0.2) is 36.0 Å². The summed E-state index contributed by atoms with van der Waals surface area (Å²) in [5.74, 6) is 0.848. The summed E-state index contributed by atoms with van der Waals surface area (Å²) in [5, 5.41) is 6.87. The van der Waals surface area contributed by atoms with Crippen LogP contribution in [0, 0.1) is 0 Å². The second-order valence-electron chi connectivity index (χ2n) is 9.47. The second-order valence-corrected chi connectivity index (χ2v) is 9.47. The Hall–Kier alpha value is -3.19. The van der Waals surface area contributed by atoms with Crippen LogP contribution in [-0.2, 0) is 4.74 Å². The Bertz CT molecular complexity index is 1160. The third-order valence-corrected chi connectivity index (χ3v) is 6.79. The molecule has 1 saturated carbocycles. The first kappa shape index (κ1) is 22.6. The molecule has 7 heteroatoms. The van der Waals surface area contributed by atoms with Gasteiger partial charge in [-0.1, -0.05) is 19.1 Å². The van der Waals surface area contributed by atoms with E-state index in [-0.39, 0.29) is 18.2 Å². The molecule has 34 heavy (non-hydrogen) atoms. The number of carbonyl (C=O) groups is 1. The molecule has 1 aliphatic heterocycles. The third kappa shape index (κ3) is 4.71. The maximum absolute atomic E-state index is 12.2. The van der Waals surface area contributed by atoms with Crippen molar-refractivity contribution in [3.63, 3.8) is 0 Å². The van der Waals surface area contributed by atoms with Crippen molar-refractivity contribution in [2.75, 3.05) is 24.3 Å². The molecule has 0 spiro atoms. The molecule has 5 rings (SSSR count). The van der Waals surface area contributed by atoms with Crippen LogP contribution in [0.4, 0.5) is 16.2 Å². The molecular formula is C27H34N4O3. The molecular weight excluding hydrogens is 428 g/mol. The fourth-order valence-corrected chi connectivity index (χ4v) is 4.58. The van der Waals surface area contributed by atoms with Gasteiger partial charge in [-0.3, -0.25) is 0 Å². The first-order chi connectivity index (χ1) is 16.5. The van der Waals surface area contributed by atoms with E-state index in [0.717, 1.165) is 78.0 Å². The Balaban J connectivity index is 1.40. The van der Waals surface area contributed by atoms with E-state index in [1.807, 2.05) is 44.2 Å². The predicted molar refractivity (Wildman–Crippen MR) is 136 cm³/mol. The quantitative estimate of drug-likeness (QED) is 0.400. The predicted octanol–water partition coefficient (Wildman–Crippen LogP) is 5.70. The summed E-state index contributed by atoms with van der Waals surface area (Å²) in [5.41, 5.74) is 11.4. The van der Waals surface area contributed by atoms with Crippen molar-refractivity contribution in [2.45, 2.75) is 64.1 Å². The Kier molecular flexibility index (Phi) is 6.37. The molecule has 2 aliphatic rings. The van der Waals surface area contributed by atoms with E-state index < -0.39 is 0 Å². The second kappa shape index (κ2) is 9.58. The molecule has 1 aromatic heterocycles. The lowest BCUT2D eigenvalue weighted by atomic mass is 10.1.